The highest BCUT2D eigenvalue weighted by atomic mass is 16.3. The van der Waals surface area contributed by atoms with Crippen LogP contribution in [0.25, 0.3) is 0 Å². The minimum atomic E-state index is 0.0376. The Morgan fingerprint density at radius 3 is 2.59 bits per heavy atom. The molecule has 0 atom stereocenters. The van der Waals surface area contributed by atoms with Crippen molar-refractivity contribution in [3.8, 4) is 5.75 Å². The second-order valence-corrected chi connectivity index (χ2v) is 4.49. The molecule has 17 heavy (non-hydrogen) atoms. The molecule has 4 heteroatoms. The summed E-state index contributed by atoms with van der Waals surface area (Å²) in [5, 5.41) is 12.8. The zero-order chi connectivity index (χ0) is 13.0. The number of nitrogens with zero attached hydrogens (tertiary/aromatic N) is 1. The molecule has 0 heterocycles. The van der Waals surface area contributed by atoms with Crippen molar-refractivity contribution in [1.82, 2.24) is 10.2 Å². The number of benzene rings is 1. The van der Waals surface area contributed by atoms with Gasteiger partial charge in [0, 0.05) is 17.7 Å². The van der Waals surface area contributed by atoms with Gasteiger partial charge in [-0.15, -0.1) is 0 Å². The maximum Gasteiger partial charge on any atom is 0.176 e. The van der Waals surface area contributed by atoms with Crippen molar-refractivity contribution in [2.24, 2.45) is 0 Å². The molecule has 1 rings (SSSR count). The van der Waals surface area contributed by atoms with Gasteiger partial charge in [-0.1, -0.05) is 0 Å². The average Bonchev–Trinajstić information content (AvgIpc) is 2.24. The number of phenols is 1. The van der Waals surface area contributed by atoms with Crippen molar-refractivity contribution in [1.29, 1.82) is 0 Å². The summed E-state index contributed by atoms with van der Waals surface area (Å²) in [6.07, 6.45) is 0. The molecular formula is C13H20N2O2. The van der Waals surface area contributed by atoms with E-state index in [-0.39, 0.29) is 11.5 Å². The number of aryl methyl sites for hydroxylation is 1. The predicted octanol–water partition coefficient (Wildman–Crippen LogP) is 1.16. The van der Waals surface area contributed by atoms with E-state index in [4.69, 9.17) is 0 Å². The average molecular weight is 236 g/mol. The molecule has 4 nitrogen and oxygen atoms in total. The van der Waals surface area contributed by atoms with Crippen LogP contribution in [0.4, 0.5) is 0 Å². The van der Waals surface area contributed by atoms with E-state index < -0.39 is 0 Å². The van der Waals surface area contributed by atoms with Crippen molar-refractivity contribution >= 4 is 5.78 Å². The Hall–Kier alpha value is -1.39. The number of rotatable bonds is 5. The highest BCUT2D eigenvalue weighted by Gasteiger charge is 2.12. The van der Waals surface area contributed by atoms with Gasteiger partial charge in [0.15, 0.2) is 5.78 Å². The van der Waals surface area contributed by atoms with Crippen molar-refractivity contribution in [2.75, 3.05) is 27.7 Å². The number of hydrogen-bond acceptors (Lipinski definition) is 4. The molecule has 0 aliphatic rings. The van der Waals surface area contributed by atoms with Crippen LogP contribution in [0, 0.1) is 6.92 Å². The number of likely N-dealkylation sites (N-methyl/N-ethyl adjacent to an activating group) is 1. The highest BCUT2D eigenvalue weighted by Crippen LogP contribution is 2.25. The summed E-state index contributed by atoms with van der Waals surface area (Å²) in [4.78, 5) is 13.7. The van der Waals surface area contributed by atoms with Gasteiger partial charge >= 0.3 is 0 Å². The number of aromatic hydroxyl groups is 1. The summed E-state index contributed by atoms with van der Waals surface area (Å²) in [5.74, 6) is 0.315. The van der Waals surface area contributed by atoms with E-state index in [2.05, 4.69) is 5.32 Å². The number of phenolic OH excluding ortho intramolecular Hbond substituents is 1. The fraction of sp³-hybridized carbons (Fsp3) is 0.462. The third-order valence-corrected chi connectivity index (χ3v) is 2.53. The largest absolute Gasteiger partial charge is 0.507 e. The van der Waals surface area contributed by atoms with Crippen LogP contribution in [-0.2, 0) is 6.54 Å². The monoisotopic (exact) mass is 236 g/mol. The number of carbonyl (C=O) groups excluding carboxylic acids is 1. The van der Waals surface area contributed by atoms with E-state index in [0.29, 0.717) is 18.7 Å². The van der Waals surface area contributed by atoms with Gasteiger partial charge in [-0.05, 0) is 45.8 Å². The van der Waals surface area contributed by atoms with Crippen molar-refractivity contribution in [3.05, 3.63) is 28.8 Å². The van der Waals surface area contributed by atoms with Gasteiger partial charge in [-0.2, -0.15) is 0 Å². The van der Waals surface area contributed by atoms with Gasteiger partial charge in [0.2, 0.25) is 0 Å². The summed E-state index contributed by atoms with van der Waals surface area (Å²) >= 11 is 0. The Morgan fingerprint density at radius 2 is 2.06 bits per heavy atom. The third kappa shape index (κ3) is 3.54. The first-order chi connectivity index (χ1) is 7.95. The lowest BCUT2D eigenvalue weighted by atomic mass is 10.0. The summed E-state index contributed by atoms with van der Waals surface area (Å²) in [6.45, 7) is 2.74. The summed E-state index contributed by atoms with van der Waals surface area (Å²) in [7, 11) is 5.60. The zero-order valence-corrected chi connectivity index (χ0v) is 10.9. The second-order valence-electron chi connectivity index (χ2n) is 4.49. The maximum absolute atomic E-state index is 11.8. The van der Waals surface area contributed by atoms with Gasteiger partial charge in [0.25, 0.3) is 0 Å². The molecule has 0 amide bonds. The van der Waals surface area contributed by atoms with Crippen LogP contribution >= 0.6 is 0 Å². The Morgan fingerprint density at radius 1 is 1.41 bits per heavy atom. The Kier molecular flexibility index (Phi) is 4.66. The first-order valence-electron chi connectivity index (χ1n) is 5.60. The zero-order valence-electron chi connectivity index (χ0n) is 10.9. The van der Waals surface area contributed by atoms with Gasteiger partial charge in [-0.3, -0.25) is 4.79 Å². The number of Topliss-reactive ketones (excluding diaryl/α,β-unsaturated/α-hetero) is 1. The number of nitrogens with one attached hydrogen (secondary N) is 1. The van der Waals surface area contributed by atoms with Gasteiger partial charge in [0.1, 0.15) is 5.75 Å². The molecule has 1 aromatic rings. The van der Waals surface area contributed by atoms with E-state index in [1.807, 2.05) is 25.9 Å². The molecule has 94 valence electrons. The lowest BCUT2D eigenvalue weighted by Crippen LogP contribution is -2.19. The second kappa shape index (κ2) is 5.80. The summed E-state index contributed by atoms with van der Waals surface area (Å²) in [5.41, 5.74) is 2.17. The molecule has 0 aliphatic heterocycles. The minimum absolute atomic E-state index is 0.0376. The highest BCUT2D eigenvalue weighted by molar-refractivity contribution is 5.98. The summed E-state index contributed by atoms with van der Waals surface area (Å²) in [6, 6.07) is 3.50. The normalized spacial score (nSPS) is 10.9. The van der Waals surface area contributed by atoms with E-state index in [1.165, 1.54) is 0 Å². The fourth-order valence-electron chi connectivity index (χ4n) is 1.74. The molecule has 0 saturated heterocycles. The lowest BCUT2D eigenvalue weighted by Gasteiger charge is -2.14. The van der Waals surface area contributed by atoms with Crippen molar-refractivity contribution in [2.45, 2.75) is 13.5 Å². The molecular weight excluding hydrogens is 216 g/mol. The van der Waals surface area contributed by atoms with Crippen molar-refractivity contribution < 1.29 is 9.90 Å². The van der Waals surface area contributed by atoms with Crippen LogP contribution in [0.2, 0.25) is 0 Å². The molecule has 0 aromatic heterocycles. The van der Waals surface area contributed by atoms with Gasteiger partial charge in [-0.25, -0.2) is 0 Å². The number of ketones is 1. The molecule has 0 unspecified atom stereocenters. The Bertz CT molecular complexity index is 414. The molecule has 0 bridgehead atoms. The predicted molar refractivity (Wildman–Crippen MR) is 68.5 cm³/mol. The molecule has 0 fully saturated rings. The van der Waals surface area contributed by atoms with Crippen LogP contribution in [0.15, 0.2) is 12.1 Å². The van der Waals surface area contributed by atoms with E-state index in [9.17, 15) is 9.90 Å². The molecule has 1 aromatic carbocycles. The van der Waals surface area contributed by atoms with Crippen LogP contribution in [0.1, 0.15) is 21.5 Å². The molecule has 0 saturated carbocycles. The van der Waals surface area contributed by atoms with Crippen LogP contribution in [0.5, 0.6) is 5.75 Å². The van der Waals surface area contributed by atoms with Crippen LogP contribution in [-0.4, -0.2) is 43.5 Å². The quantitative estimate of drug-likeness (QED) is 0.753. The molecule has 2 N–H and O–H groups in total. The van der Waals surface area contributed by atoms with Crippen LogP contribution in [0.3, 0.4) is 0 Å². The smallest absolute Gasteiger partial charge is 0.176 e. The molecule has 0 aliphatic carbocycles. The number of carbonyl (C=O) groups is 1. The SMILES string of the molecule is CNCC(=O)c1cc(C)c(O)c(CN(C)C)c1. The first-order valence-corrected chi connectivity index (χ1v) is 5.60. The fourth-order valence-corrected chi connectivity index (χ4v) is 1.74. The number of hydrogen-bond donors (Lipinski definition) is 2. The van der Waals surface area contributed by atoms with Crippen molar-refractivity contribution in [3.63, 3.8) is 0 Å². The maximum atomic E-state index is 11.8. The van der Waals surface area contributed by atoms with Crippen LogP contribution < -0.4 is 5.32 Å². The van der Waals surface area contributed by atoms with Gasteiger partial charge in [0.05, 0.1) is 6.54 Å². The van der Waals surface area contributed by atoms with E-state index in [1.54, 1.807) is 19.2 Å². The standard InChI is InChI=1S/C13H20N2O2/c1-9-5-10(12(16)7-14-2)6-11(13(9)17)8-15(3)4/h5-6,14,17H,7-8H2,1-4H3. The third-order valence-electron chi connectivity index (χ3n) is 2.53. The molecule has 0 spiro atoms. The first kappa shape index (κ1) is 13.7. The van der Waals surface area contributed by atoms with E-state index in [0.717, 1.165) is 11.1 Å². The topological polar surface area (TPSA) is 52.6 Å². The van der Waals surface area contributed by atoms with E-state index >= 15 is 0 Å². The minimum Gasteiger partial charge on any atom is -0.507 e. The summed E-state index contributed by atoms with van der Waals surface area (Å²) < 4.78 is 0. The Labute approximate surface area is 102 Å². The lowest BCUT2D eigenvalue weighted by molar-refractivity contribution is 0.0993. The molecule has 0 radical (unpaired) electrons. The van der Waals surface area contributed by atoms with Gasteiger partial charge < -0.3 is 15.3 Å². The Balaban J connectivity index is 3.09.